The molecule has 0 fully saturated rings. The average molecular weight is 264 g/mol. The first-order valence-electron chi connectivity index (χ1n) is 6.18. The molecule has 0 N–H and O–H groups in total. The molecule has 0 unspecified atom stereocenters. The Balaban J connectivity index is 0.000000771. The van der Waals surface area contributed by atoms with E-state index in [2.05, 4.69) is 36.2 Å². The minimum atomic E-state index is 0.540. The van der Waals surface area contributed by atoms with Gasteiger partial charge in [0.25, 0.3) is 5.22 Å². The van der Waals surface area contributed by atoms with Crippen molar-refractivity contribution >= 4 is 11.8 Å². The molecule has 0 aliphatic carbocycles. The van der Waals surface area contributed by atoms with Crippen molar-refractivity contribution in [2.75, 3.05) is 6.26 Å². The van der Waals surface area contributed by atoms with Crippen molar-refractivity contribution in [3.05, 3.63) is 29.8 Å². The highest BCUT2D eigenvalue weighted by molar-refractivity contribution is 7.98. The zero-order valence-corrected chi connectivity index (χ0v) is 12.4. The van der Waals surface area contributed by atoms with Gasteiger partial charge in [0.15, 0.2) is 0 Å². The van der Waals surface area contributed by atoms with E-state index in [0.717, 1.165) is 5.56 Å². The van der Waals surface area contributed by atoms with Gasteiger partial charge in [-0.25, -0.2) is 0 Å². The lowest BCUT2D eigenvalue weighted by molar-refractivity contribution is 0.466. The normalized spacial score (nSPS) is 10.1. The molecule has 0 aliphatic heterocycles. The number of hydrogen-bond donors (Lipinski definition) is 0. The standard InChI is InChI=1S/C12H14N2OS.C2H6/c1-8(2)9-4-6-10(7-5-9)11-13-14-12(15-11)16-3;1-2/h4-8H,1-3H3;1-2H3. The highest BCUT2D eigenvalue weighted by atomic mass is 32.2. The smallest absolute Gasteiger partial charge is 0.276 e. The number of hydrogen-bond acceptors (Lipinski definition) is 4. The first-order valence-corrected chi connectivity index (χ1v) is 7.41. The molecule has 1 aromatic carbocycles. The van der Waals surface area contributed by atoms with Gasteiger partial charge in [0.2, 0.25) is 5.89 Å². The summed E-state index contributed by atoms with van der Waals surface area (Å²) in [6.45, 7) is 8.35. The minimum Gasteiger partial charge on any atom is -0.411 e. The van der Waals surface area contributed by atoms with E-state index in [9.17, 15) is 0 Å². The van der Waals surface area contributed by atoms with Gasteiger partial charge in [0.05, 0.1) is 0 Å². The number of benzene rings is 1. The Bertz CT molecular complexity index is 463. The maximum absolute atomic E-state index is 5.46. The van der Waals surface area contributed by atoms with Gasteiger partial charge in [-0.15, -0.1) is 10.2 Å². The van der Waals surface area contributed by atoms with Crippen LogP contribution in [0.4, 0.5) is 0 Å². The van der Waals surface area contributed by atoms with Gasteiger partial charge in [-0.3, -0.25) is 0 Å². The highest BCUT2D eigenvalue weighted by Gasteiger charge is 2.07. The molecule has 2 rings (SSSR count). The van der Waals surface area contributed by atoms with Crippen LogP contribution in [0.5, 0.6) is 0 Å². The van der Waals surface area contributed by atoms with Gasteiger partial charge in [-0.2, -0.15) is 0 Å². The predicted octanol–water partition coefficient (Wildman–Crippen LogP) is 4.61. The summed E-state index contributed by atoms with van der Waals surface area (Å²) in [5.41, 5.74) is 2.28. The van der Waals surface area contributed by atoms with E-state index < -0.39 is 0 Å². The molecule has 2 aromatic rings. The predicted molar refractivity (Wildman–Crippen MR) is 77.0 cm³/mol. The van der Waals surface area contributed by atoms with Crippen LogP contribution in [0.3, 0.4) is 0 Å². The molecule has 0 saturated heterocycles. The van der Waals surface area contributed by atoms with E-state index in [0.29, 0.717) is 17.0 Å². The SMILES string of the molecule is CC.CSc1nnc(-c2ccc(C(C)C)cc2)o1. The lowest BCUT2D eigenvalue weighted by Crippen LogP contribution is -1.86. The van der Waals surface area contributed by atoms with Crippen molar-refractivity contribution in [3.63, 3.8) is 0 Å². The average Bonchev–Trinajstić information content (AvgIpc) is 2.90. The topological polar surface area (TPSA) is 38.9 Å². The Morgan fingerprint density at radius 3 is 2.11 bits per heavy atom. The summed E-state index contributed by atoms with van der Waals surface area (Å²) < 4.78 is 5.46. The van der Waals surface area contributed by atoms with Gasteiger partial charge in [-0.05, 0) is 29.9 Å². The number of thioether (sulfide) groups is 1. The monoisotopic (exact) mass is 264 g/mol. The Hall–Kier alpha value is -1.29. The number of rotatable bonds is 3. The van der Waals surface area contributed by atoms with Crippen LogP contribution in [0.2, 0.25) is 0 Å². The van der Waals surface area contributed by atoms with Crippen LogP contribution in [-0.4, -0.2) is 16.5 Å². The van der Waals surface area contributed by atoms with Gasteiger partial charge in [0.1, 0.15) is 0 Å². The molecule has 4 heteroatoms. The zero-order valence-electron chi connectivity index (χ0n) is 11.6. The Morgan fingerprint density at radius 1 is 1.06 bits per heavy atom. The van der Waals surface area contributed by atoms with Crippen molar-refractivity contribution in [2.24, 2.45) is 0 Å². The molecule has 0 amide bonds. The fourth-order valence-electron chi connectivity index (χ4n) is 1.42. The lowest BCUT2D eigenvalue weighted by atomic mass is 10.0. The van der Waals surface area contributed by atoms with Crippen LogP contribution in [0, 0.1) is 0 Å². The number of nitrogens with zero attached hydrogens (tertiary/aromatic N) is 2. The molecule has 0 radical (unpaired) electrons. The van der Waals surface area contributed by atoms with Gasteiger partial charge in [0, 0.05) is 5.56 Å². The Kier molecular flexibility index (Phi) is 5.92. The van der Waals surface area contributed by atoms with E-state index >= 15 is 0 Å². The molecule has 0 spiro atoms. The van der Waals surface area contributed by atoms with Crippen LogP contribution in [0.1, 0.15) is 39.2 Å². The first kappa shape index (κ1) is 14.8. The largest absolute Gasteiger partial charge is 0.411 e. The molecule has 0 saturated carbocycles. The zero-order chi connectivity index (χ0) is 13.5. The molecule has 1 heterocycles. The van der Waals surface area contributed by atoms with E-state index in [1.807, 2.05) is 32.2 Å². The van der Waals surface area contributed by atoms with E-state index in [1.54, 1.807) is 0 Å². The van der Waals surface area contributed by atoms with Crippen LogP contribution in [-0.2, 0) is 0 Å². The maximum Gasteiger partial charge on any atom is 0.276 e. The third-order valence-electron chi connectivity index (χ3n) is 2.41. The van der Waals surface area contributed by atoms with Crippen LogP contribution >= 0.6 is 11.8 Å². The third kappa shape index (κ3) is 3.60. The van der Waals surface area contributed by atoms with E-state index in [1.165, 1.54) is 17.3 Å². The summed E-state index contributed by atoms with van der Waals surface area (Å²) in [5, 5.41) is 8.51. The van der Waals surface area contributed by atoms with Crippen molar-refractivity contribution in [2.45, 2.75) is 38.8 Å². The van der Waals surface area contributed by atoms with E-state index in [-0.39, 0.29) is 0 Å². The molecule has 3 nitrogen and oxygen atoms in total. The van der Waals surface area contributed by atoms with Crippen molar-refractivity contribution in [1.82, 2.24) is 10.2 Å². The molecular formula is C14H20N2OS. The fraction of sp³-hybridized carbons (Fsp3) is 0.429. The van der Waals surface area contributed by atoms with E-state index in [4.69, 9.17) is 4.42 Å². The Morgan fingerprint density at radius 2 is 1.67 bits per heavy atom. The van der Waals surface area contributed by atoms with Crippen LogP contribution in [0.25, 0.3) is 11.5 Å². The summed E-state index contributed by atoms with van der Waals surface area (Å²) in [6.07, 6.45) is 1.92. The Labute approximate surface area is 113 Å². The summed E-state index contributed by atoms with van der Waals surface area (Å²) in [5.74, 6) is 1.12. The summed E-state index contributed by atoms with van der Waals surface area (Å²) in [7, 11) is 0. The quantitative estimate of drug-likeness (QED) is 0.759. The van der Waals surface area contributed by atoms with Crippen LogP contribution in [0.15, 0.2) is 33.9 Å². The molecule has 0 atom stereocenters. The van der Waals surface area contributed by atoms with Gasteiger partial charge in [-0.1, -0.05) is 51.6 Å². The van der Waals surface area contributed by atoms with Crippen molar-refractivity contribution in [1.29, 1.82) is 0 Å². The molecule has 1 aromatic heterocycles. The molecule has 0 bridgehead atoms. The van der Waals surface area contributed by atoms with Gasteiger partial charge < -0.3 is 4.42 Å². The second kappa shape index (κ2) is 7.21. The fourth-order valence-corrected chi connectivity index (χ4v) is 1.70. The molecule has 18 heavy (non-hydrogen) atoms. The van der Waals surface area contributed by atoms with Crippen LogP contribution < -0.4 is 0 Å². The molecule has 98 valence electrons. The maximum atomic E-state index is 5.46. The second-order valence-electron chi connectivity index (χ2n) is 3.85. The minimum absolute atomic E-state index is 0.540. The summed E-state index contributed by atoms with van der Waals surface area (Å²) in [4.78, 5) is 0. The second-order valence-corrected chi connectivity index (χ2v) is 4.61. The molecule has 0 aliphatic rings. The summed E-state index contributed by atoms with van der Waals surface area (Å²) >= 11 is 1.45. The summed E-state index contributed by atoms with van der Waals surface area (Å²) in [6, 6.07) is 8.24. The van der Waals surface area contributed by atoms with Crippen molar-refractivity contribution < 1.29 is 4.42 Å². The highest BCUT2D eigenvalue weighted by Crippen LogP contribution is 2.23. The molecular weight excluding hydrogens is 244 g/mol. The first-order chi connectivity index (χ1) is 8.70. The number of aromatic nitrogens is 2. The van der Waals surface area contributed by atoms with Gasteiger partial charge >= 0.3 is 0 Å². The lowest BCUT2D eigenvalue weighted by Gasteiger charge is -2.04. The third-order valence-corrected chi connectivity index (χ3v) is 2.92. The van der Waals surface area contributed by atoms with Crippen molar-refractivity contribution in [3.8, 4) is 11.5 Å².